The van der Waals surface area contributed by atoms with Gasteiger partial charge in [0, 0.05) is 13.6 Å². The number of ether oxygens (including phenoxy) is 1. The summed E-state index contributed by atoms with van der Waals surface area (Å²) in [6.45, 7) is 0.373. The second-order valence-corrected chi connectivity index (χ2v) is 5.35. The highest BCUT2D eigenvalue weighted by Gasteiger charge is 2.10. The standard InChI is InChI=1S/C17H17FN4O2/c1-22-14-4-2-3-13(18)16(14)21-17(22)20-9-11-5-7-12(8-6-11)24-10-15(19)23/h2-8H,9-10H2,1H3,(H2,19,23)(H,20,21). The average Bonchev–Trinajstić information content (AvgIpc) is 2.90. The van der Waals surface area contributed by atoms with E-state index in [9.17, 15) is 9.18 Å². The monoisotopic (exact) mass is 328 g/mol. The lowest BCUT2D eigenvalue weighted by Gasteiger charge is -2.08. The zero-order chi connectivity index (χ0) is 17.1. The van der Waals surface area contributed by atoms with E-state index in [0.717, 1.165) is 11.1 Å². The van der Waals surface area contributed by atoms with Crippen molar-refractivity contribution >= 4 is 22.9 Å². The summed E-state index contributed by atoms with van der Waals surface area (Å²) in [6.07, 6.45) is 0. The first-order valence-corrected chi connectivity index (χ1v) is 7.39. The predicted octanol–water partition coefficient (Wildman–Crippen LogP) is 2.19. The fourth-order valence-corrected chi connectivity index (χ4v) is 2.38. The van der Waals surface area contributed by atoms with Gasteiger partial charge in [-0.3, -0.25) is 4.79 Å². The van der Waals surface area contributed by atoms with Crippen molar-refractivity contribution in [1.29, 1.82) is 0 Å². The Kier molecular flexibility index (Phi) is 4.33. The Bertz CT molecular complexity index is 874. The zero-order valence-electron chi connectivity index (χ0n) is 13.1. The van der Waals surface area contributed by atoms with Crippen LogP contribution in [0.1, 0.15) is 5.56 Å². The number of nitrogens with one attached hydrogen (secondary N) is 1. The molecule has 0 saturated carbocycles. The molecule has 3 aromatic rings. The van der Waals surface area contributed by atoms with Crippen LogP contribution in [-0.4, -0.2) is 22.1 Å². The topological polar surface area (TPSA) is 82.2 Å². The van der Waals surface area contributed by atoms with Crippen LogP contribution in [0.5, 0.6) is 5.75 Å². The van der Waals surface area contributed by atoms with Gasteiger partial charge in [-0.05, 0) is 29.8 Å². The minimum absolute atomic E-state index is 0.150. The van der Waals surface area contributed by atoms with Crippen LogP contribution >= 0.6 is 0 Å². The molecule has 0 unspecified atom stereocenters. The van der Waals surface area contributed by atoms with Crippen LogP contribution in [-0.2, 0) is 18.4 Å². The van der Waals surface area contributed by atoms with E-state index in [1.807, 2.05) is 29.8 Å². The summed E-state index contributed by atoms with van der Waals surface area (Å²) in [4.78, 5) is 15.0. The van der Waals surface area contributed by atoms with Gasteiger partial charge in [0.15, 0.2) is 12.4 Å². The summed E-state index contributed by atoms with van der Waals surface area (Å²) >= 11 is 0. The first-order chi connectivity index (χ1) is 11.5. The van der Waals surface area contributed by atoms with Gasteiger partial charge < -0.3 is 20.4 Å². The lowest BCUT2D eigenvalue weighted by atomic mass is 10.2. The number of fused-ring (bicyclic) bond motifs is 1. The van der Waals surface area contributed by atoms with Crippen LogP contribution in [0.3, 0.4) is 0 Å². The van der Waals surface area contributed by atoms with Gasteiger partial charge in [0.2, 0.25) is 5.95 Å². The Morgan fingerprint density at radius 3 is 2.71 bits per heavy atom. The molecule has 7 heteroatoms. The van der Waals surface area contributed by atoms with Crippen LogP contribution < -0.4 is 15.8 Å². The number of amides is 1. The number of carbonyl (C=O) groups is 1. The largest absolute Gasteiger partial charge is 0.484 e. The fraction of sp³-hybridized carbons (Fsp3) is 0.176. The van der Waals surface area contributed by atoms with Gasteiger partial charge in [-0.15, -0.1) is 0 Å². The minimum atomic E-state index is -0.519. The quantitative estimate of drug-likeness (QED) is 0.727. The minimum Gasteiger partial charge on any atom is -0.484 e. The summed E-state index contributed by atoms with van der Waals surface area (Å²) in [5.74, 6) is 0.299. The molecular formula is C17H17FN4O2. The molecule has 3 rings (SSSR count). The zero-order valence-corrected chi connectivity index (χ0v) is 13.1. The van der Waals surface area contributed by atoms with Crippen LogP contribution in [0.25, 0.3) is 11.0 Å². The number of para-hydroxylation sites is 1. The highest BCUT2D eigenvalue weighted by atomic mass is 19.1. The summed E-state index contributed by atoms with van der Waals surface area (Å²) in [5.41, 5.74) is 7.10. The molecule has 0 spiro atoms. The molecule has 0 bridgehead atoms. The Morgan fingerprint density at radius 1 is 1.29 bits per heavy atom. The molecular weight excluding hydrogens is 311 g/mol. The van der Waals surface area contributed by atoms with Crippen LogP contribution in [0.2, 0.25) is 0 Å². The van der Waals surface area contributed by atoms with E-state index in [-0.39, 0.29) is 12.4 Å². The summed E-state index contributed by atoms with van der Waals surface area (Å²) in [6, 6.07) is 12.1. The smallest absolute Gasteiger partial charge is 0.255 e. The third-order valence-corrected chi connectivity index (χ3v) is 3.62. The van der Waals surface area contributed by atoms with E-state index in [2.05, 4.69) is 10.3 Å². The molecule has 1 aromatic heterocycles. The Hall–Kier alpha value is -3.09. The number of nitrogens with two attached hydrogens (primary N) is 1. The maximum Gasteiger partial charge on any atom is 0.255 e. The van der Waals surface area contributed by atoms with Gasteiger partial charge in [-0.25, -0.2) is 9.37 Å². The SMILES string of the molecule is Cn1c(NCc2ccc(OCC(N)=O)cc2)nc2c(F)cccc21. The molecule has 0 atom stereocenters. The van der Waals surface area contributed by atoms with Crippen LogP contribution in [0, 0.1) is 5.82 Å². The molecule has 2 aromatic carbocycles. The number of nitrogens with zero attached hydrogens (tertiary/aromatic N) is 2. The van der Waals surface area contributed by atoms with Gasteiger partial charge in [0.05, 0.1) is 5.52 Å². The number of hydrogen-bond acceptors (Lipinski definition) is 4. The van der Waals surface area contributed by atoms with Crippen LogP contribution in [0.15, 0.2) is 42.5 Å². The highest BCUT2D eigenvalue weighted by molar-refractivity contribution is 5.79. The van der Waals surface area contributed by atoms with Crippen molar-refractivity contribution in [3.63, 3.8) is 0 Å². The van der Waals surface area contributed by atoms with Crippen molar-refractivity contribution in [2.75, 3.05) is 11.9 Å². The number of aromatic nitrogens is 2. The molecule has 124 valence electrons. The molecule has 0 aliphatic rings. The predicted molar refractivity (Wildman–Crippen MR) is 89.1 cm³/mol. The fourth-order valence-electron chi connectivity index (χ4n) is 2.38. The van der Waals surface area contributed by atoms with Gasteiger partial charge >= 0.3 is 0 Å². The molecule has 0 saturated heterocycles. The van der Waals surface area contributed by atoms with Crippen LogP contribution in [0.4, 0.5) is 10.3 Å². The molecule has 6 nitrogen and oxygen atoms in total. The van der Waals surface area contributed by atoms with Gasteiger partial charge in [0.25, 0.3) is 5.91 Å². The number of hydrogen-bond donors (Lipinski definition) is 2. The molecule has 0 aliphatic heterocycles. The van der Waals surface area contributed by atoms with E-state index >= 15 is 0 Å². The normalized spacial score (nSPS) is 10.8. The van der Waals surface area contributed by atoms with E-state index in [1.165, 1.54) is 6.07 Å². The van der Waals surface area contributed by atoms with E-state index < -0.39 is 5.91 Å². The molecule has 1 amide bonds. The molecule has 0 fully saturated rings. The Labute approximate surface area is 138 Å². The van der Waals surface area contributed by atoms with Crippen molar-refractivity contribution in [3.05, 3.63) is 53.8 Å². The maximum atomic E-state index is 13.8. The number of anilines is 1. The van der Waals surface area contributed by atoms with Crippen molar-refractivity contribution in [1.82, 2.24) is 9.55 Å². The third kappa shape index (κ3) is 3.29. The van der Waals surface area contributed by atoms with E-state index in [1.54, 1.807) is 18.2 Å². The third-order valence-electron chi connectivity index (χ3n) is 3.62. The number of primary amides is 1. The average molecular weight is 328 g/mol. The van der Waals surface area contributed by atoms with Crippen molar-refractivity contribution < 1.29 is 13.9 Å². The van der Waals surface area contributed by atoms with Crippen molar-refractivity contribution in [2.45, 2.75) is 6.54 Å². The number of benzene rings is 2. The van der Waals surface area contributed by atoms with Crippen molar-refractivity contribution in [3.8, 4) is 5.75 Å². The number of carbonyl (C=O) groups excluding carboxylic acids is 1. The molecule has 3 N–H and O–H groups in total. The molecule has 0 radical (unpaired) electrons. The lowest BCUT2D eigenvalue weighted by Crippen LogP contribution is -2.19. The first kappa shape index (κ1) is 15.8. The van der Waals surface area contributed by atoms with E-state index in [4.69, 9.17) is 10.5 Å². The summed E-state index contributed by atoms with van der Waals surface area (Å²) in [5, 5.41) is 3.19. The van der Waals surface area contributed by atoms with E-state index in [0.29, 0.717) is 23.8 Å². The second-order valence-electron chi connectivity index (χ2n) is 5.35. The van der Waals surface area contributed by atoms with Crippen molar-refractivity contribution in [2.24, 2.45) is 12.8 Å². The Morgan fingerprint density at radius 2 is 2.04 bits per heavy atom. The summed E-state index contributed by atoms with van der Waals surface area (Å²) in [7, 11) is 1.83. The molecule has 24 heavy (non-hydrogen) atoms. The number of aryl methyl sites for hydroxylation is 1. The highest BCUT2D eigenvalue weighted by Crippen LogP contribution is 2.21. The van der Waals surface area contributed by atoms with Gasteiger partial charge in [-0.2, -0.15) is 0 Å². The number of halogens is 1. The number of rotatable bonds is 6. The number of imidazole rings is 1. The Balaban J connectivity index is 1.68. The molecule has 1 heterocycles. The maximum absolute atomic E-state index is 13.8. The lowest BCUT2D eigenvalue weighted by molar-refractivity contribution is -0.119. The van der Waals surface area contributed by atoms with Gasteiger partial charge in [-0.1, -0.05) is 18.2 Å². The van der Waals surface area contributed by atoms with Gasteiger partial charge in [0.1, 0.15) is 11.3 Å². The molecule has 0 aliphatic carbocycles. The summed E-state index contributed by atoms with van der Waals surface area (Å²) < 4.78 is 20.8. The second kappa shape index (κ2) is 6.57. The first-order valence-electron chi connectivity index (χ1n) is 7.39.